The number of amides is 1. The van der Waals surface area contributed by atoms with Gasteiger partial charge in [0, 0.05) is 6.54 Å². The van der Waals surface area contributed by atoms with Gasteiger partial charge in [0.15, 0.2) is 0 Å². The van der Waals surface area contributed by atoms with Crippen LogP contribution in [0.2, 0.25) is 0 Å². The lowest BCUT2D eigenvalue weighted by Crippen LogP contribution is -2.32. The number of benzene rings is 2. The maximum absolute atomic E-state index is 13.9. The standard InChI is InChI=1S/C23H25FN2O5/c1-25(2)10-5-11-26-20(14-6-4-7-16(27)12-14)19(22(29)23(26)30)21(28)17-13-15(24)8-9-18(17)31-3/h4,6-9,12-13,20,27-28H,5,10-11H2,1-3H3/b21-19+. The van der Waals surface area contributed by atoms with E-state index >= 15 is 0 Å². The number of halogens is 1. The fourth-order valence-electron chi connectivity index (χ4n) is 3.72. The van der Waals surface area contributed by atoms with Crippen LogP contribution in [0.5, 0.6) is 11.5 Å². The molecule has 0 aliphatic carbocycles. The number of carbonyl (C=O) groups is 2. The van der Waals surface area contributed by atoms with Crippen LogP contribution >= 0.6 is 0 Å². The van der Waals surface area contributed by atoms with Crippen molar-refractivity contribution in [2.45, 2.75) is 12.5 Å². The fraction of sp³-hybridized carbons (Fsp3) is 0.304. The third-order valence-corrected chi connectivity index (χ3v) is 5.15. The summed E-state index contributed by atoms with van der Waals surface area (Å²) in [4.78, 5) is 29.2. The number of phenols is 1. The van der Waals surface area contributed by atoms with E-state index in [1.165, 1.54) is 36.3 Å². The Hall–Kier alpha value is -3.39. The number of phenolic OH excluding ortho intramolecular Hbond substituents is 1. The zero-order valence-electron chi connectivity index (χ0n) is 17.6. The van der Waals surface area contributed by atoms with E-state index in [0.717, 1.165) is 6.07 Å². The van der Waals surface area contributed by atoms with Gasteiger partial charge in [-0.3, -0.25) is 9.59 Å². The SMILES string of the molecule is COc1ccc(F)cc1/C(O)=C1\C(=O)C(=O)N(CCCN(C)C)C1c1cccc(O)c1. The minimum Gasteiger partial charge on any atom is -0.508 e. The number of aliphatic hydroxyl groups is 1. The minimum atomic E-state index is -0.928. The topological polar surface area (TPSA) is 90.3 Å². The van der Waals surface area contributed by atoms with Crippen molar-refractivity contribution < 1.29 is 28.9 Å². The second-order valence-corrected chi connectivity index (χ2v) is 7.59. The first kappa shape index (κ1) is 22.3. The van der Waals surface area contributed by atoms with E-state index in [1.54, 1.807) is 12.1 Å². The highest BCUT2D eigenvalue weighted by atomic mass is 19.1. The van der Waals surface area contributed by atoms with Crippen molar-refractivity contribution in [3.05, 3.63) is 65.0 Å². The number of aromatic hydroxyl groups is 1. The van der Waals surface area contributed by atoms with Gasteiger partial charge < -0.3 is 24.7 Å². The Morgan fingerprint density at radius 1 is 1.19 bits per heavy atom. The van der Waals surface area contributed by atoms with E-state index in [4.69, 9.17) is 4.74 Å². The molecule has 7 nitrogen and oxygen atoms in total. The number of ether oxygens (including phenoxy) is 1. The Morgan fingerprint density at radius 2 is 1.94 bits per heavy atom. The third kappa shape index (κ3) is 4.54. The van der Waals surface area contributed by atoms with Crippen LogP contribution in [-0.4, -0.2) is 66.0 Å². The average molecular weight is 428 g/mol. The van der Waals surface area contributed by atoms with Crippen molar-refractivity contribution in [2.24, 2.45) is 0 Å². The Balaban J connectivity index is 2.16. The zero-order valence-corrected chi connectivity index (χ0v) is 17.6. The maximum Gasteiger partial charge on any atom is 0.295 e. The number of hydrogen-bond donors (Lipinski definition) is 2. The summed E-state index contributed by atoms with van der Waals surface area (Å²) >= 11 is 0. The van der Waals surface area contributed by atoms with Gasteiger partial charge in [0.25, 0.3) is 11.7 Å². The summed E-state index contributed by atoms with van der Waals surface area (Å²) in [5, 5.41) is 21.0. The van der Waals surface area contributed by atoms with Crippen LogP contribution in [0.3, 0.4) is 0 Å². The maximum atomic E-state index is 13.9. The molecule has 3 rings (SSSR count). The van der Waals surface area contributed by atoms with Crippen LogP contribution in [0.15, 0.2) is 48.0 Å². The van der Waals surface area contributed by atoms with Gasteiger partial charge >= 0.3 is 0 Å². The number of rotatable bonds is 7. The first-order valence-corrected chi connectivity index (χ1v) is 9.80. The number of methoxy groups -OCH3 is 1. The summed E-state index contributed by atoms with van der Waals surface area (Å²) in [5.74, 6) is -2.67. The molecule has 1 atom stereocenters. The van der Waals surface area contributed by atoms with Crippen molar-refractivity contribution in [3.8, 4) is 11.5 Å². The average Bonchev–Trinajstić information content (AvgIpc) is 2.98. The highest BCUT2D eigenvalue weighted by Crippen LogP contribution is 2.41. The number of aliphatic hydroxyl groups excluding tert-OH is 1. The fourth-order valence-corrected chi connectivity index (χ4v) is 3.72. The first-order chi connectivity index (χ1) is 14.7. The second-order valence-electron chi connectivity index (χ2n) is 7.59. The quantitative estimate of drug-likeness (QED) is 0.400. The lowest BCUT2D eigenvalue weighted by molar-refractivity contribution is -0.139. The van der Waals surface area contributed by atoms with Crippen molar-refractivity contribution >= 4 is 17.4 Å². The Kier molecular flexibility index (Phi) is 6.60. The van der Waals surface area contributed by atoms with Gasteiger partial charge in [0.05, 0.1) is 24.3 Å². The van der Waals surface area contributed by atoms with Gasteiger partial charge in [-0.25, -0.2) is 4.39 Å². The van der Waals surface area contributed by atoms with Crippen LogP contribution in [0, 0.1) is 5.82 Å². The zero-order chi connectivity index (χ0) is 22.7. The molecule has 0 spiro atoms. The lowest BCUT2D eigenvalue weighted by atomic mass is 9.94. The van der Waals surface area contributed by atoms with Crippen LogP contribution < -0.4 is 4.74 Å². The summed E-state index contributed by atoms with van der Waals surface area (Å²) in [5.41, 5.74) is 0.254. The summed E-state index contributed by atoms with van der Waals surface area (Å²) in [7, 11) is 5.16. The number of hydrogen-bond acceptors (Lipinski definition) is 6. The molecule has 1 heterocycles. The lowest BCUT2D eigenvalue weighted by Gasteiger charge is -2.26. The molecule has 1 aliphatic rings. The van der Waals surface area contributed by atoms with Crippen LogP contribution in [0.25, 0.3) is 5.76 Å². The minimum absolute atomic E-state index is 0.0288. The molecule has 0 bridgehead atoms. The molecule has 0 radical (unpaired) electrons. The number of nitrogens with zero attached hydrogens (tertiary/aromatic N) is 2. The molecular weight excluding hydrogens is 403 g/mol. The van der Waals surface area contributed by atoms with E-state index in [1.807, 2.05) is 19.0 Å². The summed E-state index contributed by atoms with van der Waals surface area (Å²) in [6.45, 7) is 0.952. The van der Waals surface area contributed by atoms with Gasteiger partial charge in [-0.1, -0.05) is 12.1 Å². The van der Waals surface area contributed by atoms with Gasteiger partial charge in [-0.05, 0) is 63.0 Å². The van der Waals surface area contributed by atoms with Crippen molar-refractivity contribution in [1.82, 2.24) is 9.80 Å². The van der Waals surface area contributed by atoms with Crippen LogP contribution in [0.1, 0.15) is 23.6 Å². The molecule has 2 aromatic rings. The van der Waals surface area contributed by atoms with Gasteiger partial charge in [-0.2, -0.15) is 0 Å². The number of carbonyl (C=O) groups excluding carboxylic acids is 2. The molecule has 1 unspecified atom stereocenters. The van der Waals surface area contributed by atoms with E-state index < -0.39 is 29.3 Å². The van der Waals surface area contributed by atoms with Gasteiger partial charge in [0.2, 0.25) is 0 Å². The van der Waals surface area contributed by atoms with E-state index in [-0.39, 0.29) is 29.2 Å². The Labute approximate surface area is 180 Å². The molecule has 1 saturated heterocycles. The van der Waals surface area contributed by atoms with Crippen molar-refractivity contribution in [3.63, 3.8) is 0 Å². The second kappa shape index (κ2) is 9.18. The number of likely N-dealkylation sites (tertiary alicyclic amines) is 1. The smallest absolute Gasteiger partial charge is 0.295 e. The van der Waals surface area contributed by atoms with Crippen LogP contribution in [-0.2, 0) is 9.59 Å². The highest BCUT2D eigenvalue weighted by Gasteiger charge is 2.46. The normalized spacial score (nSPS) is 18.1. The van der Waals surface area contributed by atoms with Crippen molar-refractivity contribution in [1.29, 1.82) is 0 Å². The highest BCUT2D eigenvalue weighted by molar-refractivity contribution is 6.46. The number of ketones is 1. The molecular formula is C23H25FN2O5. The molecule has 164 valence electrons. The monoisotopic (exact) mass is 428 g/mol. The summed E-state index contributed by atoms with van der Waals surface area (Å²) in [6.07, 6.45) is 0.596. The molecule has 2 aromatic carbocycles. The molecule has 1 fully saturated rings. The summed E-state index contributed by atoms with van der Waals surface area (Å²) in [6, 6.07) is 8.78. The van der Waals surface area contributed by atoms with Gasteiger partial charge in [0.1, 0.15) is 23.1 Å². The van der Waals surface area contributed by atoms with E-state index in [2.05, 4.69) is 0 Å². The Bertz CT molecular complexity index is 1030. The molecule has 1 aliphatic heterocycles. The molecule has 1 amide bonds. The molecule has 0 saturated carbocycles. The molecule has 31 heavy (non-hydrogen) atoms. The van der Waals surface area contributed by atoms with Crippen molar-refractivity contribution in [2.75, 3.05) is 34.3 Å². The summed E-state index contributed by atoms with van der Waals surface area (Å²) < 4.78 is 19.1. The van der Waals surface area contributed by atoms with E-state index in [9.17, 15) is 24.2 Å². The predicted molar refractivity (Wildman–Crippen MR) is 113 cm³/mol. The van der Waals surface area contributed by atoms with Gasteiger partial charge in [-0.15, -0.1) is 0 Å². The number of Topliss-reactive ketones (excluding diaryl/α,β-unsaturated/α-hetero) is 1. The largest absolute Gasteiger partial charge is 0.508 e. The predicted octanol–water partition coefficient (Wildman–Crippen LogP) is 2.91. The molecule has 2 N–H and O–H groups in total. The Morgan fingerprint density at radius 3 is 2.58 bits per heavy atom. The van der Waals surface area contributed by atoms with E-state index in [0.29, 0.717) is 18.5 Å². The first-order valence-electron chi connectivity index (χ1n) is 9.80. The molecule has 8 heteroatoms. The van der Waals surface area contributed by atoms with Crippen LogP contribution in [0.4, 0.5) is 4.39 Å². The third-order valence-electron chi connectivity index (χ3n) is 5.15. The molecule has 0 aromatic heterocycles.